The molecule has 4 aromatic rings. The lowest BCUT2D eigenvalue weighted by molar-refractivity contribution is -0.389. The molecule has 0 aliphatic heterocycles. The number of benzene rings is 1. The highest BCUT2D eigenvalue weighted by molar-refractivity contribution is 7.15. The first-order valence-corrected chi connectivity index (χ1v) is 8.48. The van der Waals surface area contributed by atoms with Crippen LogP contribution in [0, 0.1) is 10.1 Å². The third-order valence-corrected chi connectivity index (χ3v) is 4.67. The van der Waals surface area contributed by atoms with Crippen molar-refractivity contribution in [2.45, 2.75) is 13.0 Å². The molecule has 0 radical (unpaired) electrons. The van der Waals surface area contributed by atoms with E-state index in [4.69, 9.17) is 0 Å². The summed E-state index contributed by atoms with van der Waals surface area (Å²) in [5.41, 5.74) is 1.88. The Kier molecular flexibility index (Phi) is 3.69. The molecule has 0 saturated heterocycles. The van der Waals surface area contributed by atoms with Crippen molar-refractivity contribution in [1.29, 1.82) is 0 Å². The Morgan fingerprint density at radius 3 is 2.88 bits per heavy atom. The van der Waals surface area contributed by atoms with Gasteiger partial charge >= 0.3 is 5.82 Å². The van der Waals surface area contributed by atoms with Crippen LogP contribution in [0.5, 0.6) is 0 Å². The predicted molar refractivity (Wildman–Crippen MR) is 95.3 cm³/mol. The van der Waals surface area contributed by atoms with Crippen LogP contribution in [0.2, 0.25) is 0 Å². The average molecular weight is 354 g/mol. The van der Waals surface area contributed by atoms with Crippen LogP contribution < -0.4 is 5.32 Å². The normalized spacial score (nSPS) is 12.4. The number of nitro groups is 1. The van der Waals surface area contributed by atoms with E-state index in [1.807, 2.05) is 43.5 Å². The van der Waals surface area contributed by atoms with Gasteiger partial charge < -0.3 is 15.4 Å². The number of rotatable bonds is 5. The maximum absolute atomic E-state index is 11.5. The number of hydrogen-bond acceptors (Lipinski definition) is 6. The van der Waals surface area contributed by atoms with Gasteiger partial charge in [0.25, 0.3) is 4.96 Å². The number of hydrogen-bond donors (Lipinski definition) is 1. The van der Waals surface area contributed by atoms with Crippen molar-refractivity contribution in [1.82, 2.24) is 19.2 Å². The zero-order chi connectivity index (χ0) is 17.4. The third kappa shape index (κ3) is 2.64. The number of thiazole rings is 1. The molecule has 0 spiro atoms. The molecular formula is C16H14N6O2S. The number of aromatic nitrogens is 4. The topological polar surface area (TPSA) is 90.3 Å². The maximum atomic E-state index is 11.5. The maximum Gasteiger partial charge on any atom is 0.372 e. The van der Waals surface area contributed by atoms with Crippen molar-refractivity contribution < 1.29 is 4.92 Å². The molecular weight excluding hydrogens is 340 g/mol. The fourth-order valence-electron chi connectivity index (χ4n) is 2.80. The minimum absolute atomic E-state index is 0.0559. The van der Waals surface area contributed by atoms with Crippen LogP contribution in [0.15, 0.2) is 54.3 Å². The molecule has 1 atom stereocenters. The fraction of sp³-hybridized carbons (Fsp3) is 0.125. The summed E-state index contributed by atoms with van der Waals surface area (Å²) in [6, 6.07) is 9.45. The molecule has 3 heterocycles. The molecule has 1 N–H and O–H groups in total. The van der Waals surface area contributed by atoms with Crippen LogP contribution >= 0.6 is 11.3 Å². The molecule has 3 aromatic heterocycles. The molecule has 0 fully saturated rings. The number of fused-ring (bicyclic) bond motifs is 1. The first-order valence-electron chi connectivity index (χ1n) is 7.60. The van der Waals surface area contributed by atoms with Crippen LogP contribution in [0.4, 0.5) is 11.6 Å². The van der Waals surface area contributed by atoms with E-state index in [-0.39, 0.29) is 17.7 Å². The number of nitrogens with one attached hydrogen (secondary N) is 1. The van der Waals surface area contributed by atoms with Crippen molar-refractivity contribution >= 4 is 27.9 Å². The van der Waals surface area contributed by atoms with E-state index in [1.54, 1.807) is 22.5 Å². The van der Waals surface area contributed by atoms with Gasteiger partial charge in [-0.05, 0) is 29.5 Å². The van der Waals surface area contributed by atoms with Gasteiger partial charge in [0, 0.05) is 17.8 Å². The second-order valence-corrected chi connectivity index (χ2v) is 6.35. The molecule has 1 unspecified atom stereocenters. The second kappa shape index (κ2) is 6.02. The van der Waals surface area contributed by atoms with Gasteiger partial charge in [0.05, 0.1) is 11.7 Å². The molecule has 4 rings (SSSR count). The Balaban J connectivity index is 1.72. The van der Waals surface area contributed by atoms with Crippen LogP contribution in [0.25, 0.3) is 10.6 Å². The molecule has 8 nitrogen and oxygen atoms in total. The number of imidazole rings is 1. The molecule has 0 aliphatic rings. The third-order valence-electron chi connectivity index (χ3n) is 3.92. The summed E-state index contributed by atoms with van der Waals surface area (Å²) in [6.07, 6.45) is 5.22. The lowest BCUT2D eigenvalue weighted by Crippen LogP contribution is -2.12. The Morgan fingerprint density at radius 2 is 2.12 bits per heavy atom. The van der Waals surface area contributed by atoms with E-state index in [1.165, 1.54) is 15.7 Å². The van der Waals surface area contributed by atoms with E-state index >= 15 is 0 Å². The standard InChI is InChI=1S/C16H14N6O2S/c1-11(12-5-2-3-6-13(12)21-8-4-7-17-21)18-14-15(22(23)24)20-9-10-25-16(20)19-14/h2-11,18H,1H3. The molecule has 126 valence electrons. The van der Waals surface area contributed by atoms with Gasteiger partial charge in [-0.2, -0.15) is 14.5 Å². The van der Waals surface area contributed by atoms with Crippen molar-refractivity contribution in [2.24, 2.45) is 0 Å². The quantitative estimate of drug-likeness (QED) is 0.436. The van der Waals surface area contributed by atoms with Crippen molar-refractivity contribution in [2.75, 3.05) is 5.32 Å². The van der Waals surface area contributed by atoms with E-state index < -0.39 is 4.92 Å². The zero-order valence-corrected chi connectivity index (χ0v) is 14.1. The number of anilines is 1. The van der Waals surface area contributed by atoms with Gasteiger partial charge in [-0.15, -0.1) is 0 Å². The summed E-state index contributed by atoms with van der Waals surface area (Å²) >= 11 is 1.36. The average Bonchev–Trinajstić information content (AvgIpc) is 3.31. The first kappa shape index (κ1) is 15.3. The summed E-state index contributed by atoms with van der Waals surface area (Å²) in [7, 11) is 0. The second-order valence-electron chi connectivity index (χ2n) is 5.47. The number of para-hydroxylation sites is 1. The van der Waals surface area contributed by atoms with Crippen molar-refractivity contribution in [3.63, 3.8) is 0 Å². The van der Waals surface area contributed by atoms with Gasteiger partial charge in [-0.1, -0.05) is 29.5 Å². The van der Waals surface area contributed by atoms with E-state index in [9.17, 15) is 10.1 Å². The summed E-state index contributed by atoms with van der Waals surface area (Å²) in [4.78, 5) is 16.0. The first-order chi connectivity index (χ1) is 12.1. The Hall–Kier alpha value is -3.20. The van der Waals surface area contributed by atoms with Crippen LogP contribution in [0.3, 0.4) is 0 Å². The molecule has 1 aromatic carbocycles. The van der Waals surface area contributed by atoms with Crippen molar-refractivity contribution in [3.05, 3.63) is 70.0 Å². The summed E-state index contributed by atoms with van der Waals surface area (Å²) in [5.74, 6) is 0.208. The smallest absolute Gasteiger partial charge is 0.358 e. The molecule has 0 saturated carbocycles. The monoisotopic (exact) mass is 354 g/mol. The summed E-state index contributed by atoms with van der Waals surface area (Å²) in [6.45, 7) is 1.94. The van der Waals surface area contributed by atoms with Gasteiger partial charge in [0.1, 0.15) is 6.20 Å². The fourth-order valence-corrected chi connectivity index (χ4v) is 3.51. The van der Waals surface area contributed by atoms with E-state index in [0.29, 0.717) is 4.96 Å². The lowest BCUT2D eigenvalue weighted by Gasteiger charge is -2.17. The van der Waals surface area contributed by atoms with Gasteiger partial charge in [-0.3, -0.25) is 0 Å². The van der Waals surface area contributed by atoms with Gasteiger partial charge in [0.2, 0.25) is 5.82 Å². The predicted octanol–water partition coefficient (Wildman–Crippen LogP) is 3.66. The van der Waals surface area contributed by atoms with E-state index in [0.717, 1.165) is 11.3 Å². The van der Waals surface area contributed by atoms with E-state index in [2.05, 4.69) is 15.4 Å². The Bertz CT molecular complexity index is 1040. The van der Waals surface area contributed by atoms with Crippen LogP contribution in [-0.4, -0.2) is 24.1 Å². The summed E-state index contributed by atoms with van der Waals surface area (Å²) < 4.78 is 3.26. The Labute approximate surface area is 146 Å². The minimum atomic E-state index is -0.415. The molecule has 25 heavy (non-hydrogen) atoms. The highest BCUT2D eigenvalue weighted by Gasteiger charge is 2.25. The highest BCUT2D eigenvalue weighted by atomic mass is 32.1. The molecule has 0 aliphatic carbocycles. The lowest BCUT2D eigenvalue weighted by atomic mass is 10.1. The van der Waals surface area contributed by atoms with Gasteiger partial charge in [0.15, 0.2) is 0 Å². The van der Waals surface area contributed by atoms with Crippen LogP contribution in [0.1, 0.15) is 18.5 Å². The SMILES string of the molecule is CC(Nc1nc2sccn2c1[N+](=O)[O-])c1ccccc1-n1cccn1. The highest BCUT2D eigenvalue weighted by Crippen LogP contribution is 2.32. The number of nitrogens with zero attached hydrogens (tertiary/aromatic N) is 5. The molecule has 0 bridgehead atoms. The van der Waals surface area contributed by atoms with Crippen molar-refractivity contribution in [3.8, 4) is 5.69 Å². The van der Waals surface area contributed by atoms with Crippen LogP contribution in [-0.2, 0) is 0 Å². The molecule has 9 heteroatoms. The Morgan fingerprint density at radius 1 is 1.28 bits per heavy atom. The summed E-state index contributed by atoms with van der Waals surface area (Å²) in [5, 5.41) is 20.7. The molecule has 0 amide bonds. The zero-order valence-electron chi connectivity index (χ0n) is 13.2. The minimum Gasteiger partial charge on any atom is -0.358 e. The largest absolute Gasteiger partial charge is 0.372 e. The van der Waals surface area contributed by atoms with Gasteiger partial charge in [-0.25, -0.2) is 4.68 Å².